The van der Waals surface area contributed by atoms with Gasteiger partial charge in [-0.3, -0.25) is 9.91 Å². The zero-order valence-corrected chi connectivity index (χ0v) is 12.2. The van der Waals surface area contributed by atoms with Crippen LogP contribution >= 0.6 is 0 Å². The summed E-state index contributed by atoms with van der Waals surface area (Å²) in [4.78, 5) is 5.52. The molecule has 1 fully saturated rings. The molecule has 0 aliphatic carbocycles. The van der Waals surface area contributed by atoms with Crippen molar-refractivity contribution in [1.82, 2.24) is 5.01 Å². The lowest BCUT2D eigenvalue weighted by molar-refractivity contribution is -0.364. The number of phenols is 2. The molecule has 6 heteroatoms. The van der Waals surface area contributed by atoms with E-state index in [9.17, 15) is 10.2 Å². The van der Waals surface area contributed by atoms with Crippen molar-refractivity contribution in [3.8, 4) is 11.5 Å². The van der Waals surface area contributed by atoms with Gasteiger partial charge in [0, 0.05) is 17.7 Å². The van der Waals surface area contributed by atoms with E-state index in [1.54, 1.807) is 12.3 Å². The number of nitrogens with zero attached hydrogens (tertiary/aromatic N) is 3. The molecule has 2 heterocycles. The minimum Gasteiger partial charge on any atom is -0.508 e. The molecule has 6 nitrogen and oxygen atoms in total. The molecular weight excluding hydrogens is 280 g/mol. The summed E-state index contributed by atoms with van der Waals surface area (Å²) in [5.41, 5.74) is 0.594. The van der Waals surface area contributed by atoms with Crippen LogP contribution in [0.1, 0.15) is 5.56 Å². The van der Waals surface area contributed by atoms with Crippen molar-refractivity contribution in [3.63, 3.8) is 0 Å². The number of hydrazone groups is 1. The molecule has 3 rings (SSSR count). The molecule has 0 unspecified atom stereocenters. The second kappa shape index (κ2) is 6.34. The number of anilines is 1. The summed E-state index contributed by atoms with van der Waals surface area (Å²) in [5.74, 6) is 1.19. The van der Waals surface area contributed by atoms with Crippen LogP contribution < -0.4 is 9.88 Å². The van der Waals surface area contributed by atoms with E-state index >= 15 is 0 Å². The third-order valence-electron chi connectivity index (χ3n) is 3.66. The number of H-pyrrole nitrogens is 1. The van der Waals surface area contributed by atoms with Gasteiger partial charge < -0.3 is 10.2 Å². The Hall–Kier alpha value is -2.76. The molecule has 0 amide bonds. The van der Waals surface area contributed by atoms with E-state index in [0.29, 0.717) is 5.56 Å². The van der Waals surface area contributed by atoms with Gasteiger partial charge in [-0.15, -0.1) is 0 Å². The van der Waals surface area contributed by atoms with E-state index in [1.807, 2.05) is 23.3 Å². The van der Waals surface area contributed by atoms with Crippen molar-refractivity contribution in [3.05, 3.63) is 48.2 Å². The van der Waals surface area contributed by atoms with Crippen molar-refractivity contribution in [2.45, 2.75) is 0 Å². The number of benzene rings is 1. The van der Waals surface area contributed by atoms with E-state index < -0.39 is 0 Å². The molecule has 0 radical (unpaired) electrons. The highest BCUT2D eigenvalue weighted by molar-refractivity contribution is 5.83. The minimum absolute atomic E-state index is 0.0290. The first-order valence-electron chi connectivity index (χ1n) is 7.25. The van der Waals surface area contributed by atoms with Crippen LogP contribution in [-0.2, 0) is 0 Å². The van der Waals surface area contributed by atoms with Gasteiger partial charge in [0.15, 0.2) is 0 Å². The van der Waals surface area contributed by atoms with Gasteiger partial charge in [0.05, 0.1) is 25.5 Å². The summed E-state index contributed by atoms with van der Waals surface area (Å²) in [6.07, 6.45) is 3.55. The van der Waals surface area contributed by atoms with Gasteiger partial charge in [-0.1, -0.05) is 6.07 Å². The Balaban J connectivity index is 1.59. The van der Waals surface area contributed by atoms with Gasteiger partial charge >= 0.3 is 0 Å². The SMILES string of the molecule is Oc1ccc(/C=N/N2CCN(c3cccc[nH+]3)CC2)c(O)c1. The fraction of sp³-hybridized carbons (Fsp3) is 0.250. The van der Waals surface area contributed by atoms with Gasteiger partial charge in [-0.25, -0.2) is 4.98 Å². The molecule has 0 saturated carbocycles. The fourth-order valence-corrected chi connectivity index (χ4v) is 2.42. The first kappa shape index (κ1) is 14.2. The number of nitrogens with one attached hydrogen (secondary N) is 1. The smallest absolute Gasteiger partial charge is 0.274 e. The van der Waals surface area contributed by atoms with Crippen LogP contribution in [0.4, 0.5) is 5.82 Å². The Bertz CT molecular complexity index is 652. The summed E-state index contributed by atoms with van der Waals surface area (Å²) in [6, 6.07) is 10.5. The summed E-state index contributed by atoms with van der Waals surface area (Å²) in [6.45, 7) is 3.41. The number of hydrogen-bond acceptors (Lipinski definition) is 5. The normalized spacial score (nSPS) is 15.5. The third kappa shape index (κ3) is 3.28. The molecular formula is C16H19N4O2+. The summed E-state index contributed by atoms with van der Waals surface area (Å²) >= 11 is 0. The standard InChI is InChI=1S/C16H18N4O2/c21-14-5-4-13(15(22)11-14)12-18-20-9-7-19(8-10-20)16-3-1-2-6-17-16/h1-6,11-12,21-22H,7-10H2/p+1/b18-12+. The van der Waals surface area contributed by atoms with E-state index in [4.69, 9.17) is 0 Å². The largest absolute Gasteiger partial charge is 0.508 e. The first-order valence-corrected chi connectivity index (χ1v) is 7.25. The Kier molecular flexibility index (Phi) is 4.09. The fourth-order valence-electron chi connectivity index (χ4n) is 2.42. The number of aromatic hydroxyl groups is 2. The zero-order chi connectivity index (χ0) is 15.4. The topological polar surface area (TPSA) is 73.4 Å². The maximum Gasteiger partial charge on any atom is 0.274 e. The van der Waals surface area contributed by atoms with E-state index in [-0.39, 0.29) is 11.5 Å². The molecule has 3 N–H and O–H groups in total. The number of phenolic OH excluding ortho intramolecular Hbond substituents is 2. The summed E-state index contributed by atoms with van der Waals surface area (Å²) < 4.78 is 0. The van der Waals surface area contributed by atoms with Gasteiger partial charge in [0.25, 0.3) is 5.82 Å². The predicted molar refractivity (Wildman–Crippen MR) is 84.1 cm³/mol. The molecule has 0 spiro atoms. The van der Waals surface area contributed by atoms with Crippen molar-refractivity contribution < 1.29 is 15.2 Å². The van der Waals surface area contributed by atoms with Crippen LogP contribution in [0.15, 0.2) is 47.7 Å². The molecule has 0 bridgehead atoms. The highest BCUT2D eigenvalue weighted by Gasteiger charge is 2.21. The Morgan fingerprint density at radius 3 is 2.55 bits per heavy atom. The number of hydrogen-bond donors (Lipinski definition) is 2. The maximum atomic E-state index is 9.73. The minimum atomic E-state index is 0.0290. The number of rotatable bonds is 3. The monoisotopic (exact) mass is 299 g/mol. The quantitative estimate of drug-likeness (QED) is 0.832. The second-order valence-corrected chi connectivity index (χ2v) is 5.18. The number of piperazine rings is 1. The molecule has 1 aromatic heterocycles. The maximum absolute atomic E-state index is 9.73. The molecule has 22 heavy (non-hydrogen) atoms. The average molecular weight is 299 g/mol. The van der Waals surface area contributed by atoms with Gasteiger partial charge in [-0.05, 0) is 18.2 Å². The lowest BCUT2D eigenvalue weighted by Gasteiger charge is -2.28. The first-order chi connectivity index (χ1) is 10.7. The van der Waals surface area contributed by atoms with Crippen molar-refractivity contribution >= 4 is 12.0 Å². The average Bonchev–Trinajstić information content (AvgIpc) is 2.55. The molecule has 1 aliphatic rings. The molecule has 0 atom stereocenters. The van der Waals surface area contributed by atoms with Gasteiger partial charge in [-0.2, -0.15) is 5.10 Å². The molecule has 1 aromatic carbocycles. The van der Waals surface area contributed by atoms with Crippen LogP contribution in [0.5, 0.6) is 11.5 Å². The summed E-state index contributed by atoms with van der Waals surface area (Å²) in [7, 11) is 0. The molecule has 1 saturated heterocycles. The highest BCUT2D eigenvalue weighted by atomic mass is 16.3. The lowest BCUT2D eigenvalue weighted by Crippen LogP contribution is -2.45. The third-order valence-corrected chi connectivity index (χ3v) is 3.66. The van der Waals surface area contributed by atoms with Crippen LogP contribution in [-0.4, -0.2) is 47.6 Å². The van der Waals surface area contributed by atoms with Crippen LogP contribution in [0.3, 0.4) is 0 Å². The lowest BCUT2D eigenvalue weighted by atomic mass is 10.2. The number of aromatic amines is 1. The predicted octanol–water partition coefficient (Wildman–Crippen LogP) is 1.07. The Morgan fingerprint density at radius 1 is 1.05 bits per heavy atom. The number of aromatic nitrogens is 1. The van der Waals surface area contributed by atoms with Gasteiger partial charge in [0.1, 0.15) is 24.6 Å². The van der Waals surface area contributed by atoms with Crippen molar-refractivity contribution in [2.75, 3.05) is 31.1 Å². The van der Waals surface area contributed by atoms with E-state index in [1.165, 1.54) is 12.1 Å². The van der Waals surface area contributed by atoms with Crippen molar-refractivity contribution in [2.24, 2.45) is 5.10 Å². The summed E-state index contributed by atoms with van der Waals surface area (Å²) in [5, 5.41) is 25.4. The zero-order valence-electron chi connectivity index (χ0n) is 12.2. The molecule has 2 aromatic rings. The number of pyridine rings is 1. The molecule has 1 aliphatic heterocycles. The van der Waals surface area contributed by atoms with Crippen LogP contribution in [0.25, 0.3) is 0 Å². The Labute approximate surface area is 129 Å². The second-order valence-electron chi connectivity index (χ2n) is 5.18. The van der Waals surface area contributed by atoms with Gasteiger partial charge in [0.2, 0.25) is 0 Å². The highest BCUT2D eigenvalue weighted by Crippen LogP contribution is 2.21. The van der Waals surface area contributed by atoms with Crippen LogP contribution in [0.2, 0.25) is 0 Å². The van der Waals surface area contributed by atoms with E-state index in [0.717, 1.165) is 32.0 Å². The molecule has 114 valence electrons. The van der Waals surface area contributed by atoms with E-state index in [2.05, 4.69) is 21.1 Å². The van der Waals surface area contributed by atoms with Crippen molar-refractivity contribution in [1.29, 1.82) is 0 Å². The van der Waals surface area contributed by atoms with Crippen LogP contribution in [0, 0.1) is 0 Å². The Morgan fingerprint density at radius 2 is 1.86 bits per heavy atom.